The fourth-order valence-corrected chi connectivity index (χ4v) is 2.16. The molecule has 1 aromatic heterocycles. The zero-order chi connectivity index (χ0) is 11.7. The van der Waals surface area contributed by atoms with E-state index in [1.807, 2.05) is 32.0 Å². The highest BCUT2D eigenvalue weighted by Gasteiger charge is 2.08. The van der Waals surface area contributed by atoms with Crippen molar-refractivity contribution in [1.82, 2.24) is 4.98 Å². The summed E-state index contributed by atoms with van der Waals surface area (Å²) in [5.41, 5.74) is 0. The fraction of sp³-hybridized carbons (Fsp3) is 0.250. The van der Waals surface area contributed by atoms with Crippen molar-refractivity contribution in [3.63, 3.8) is 0 Å². The molecule has 1 aromatic carbocycles. The summed E-state index contributed by atoms with van der Waals surface area (Å²) in [5, 5.41) is 2.45. The van der Waals surface area contributed by atoms with E-state index >= 15 is 0 Å². The first-order valence-electron chi connectivity index (χ1n) is 4.98. The van der Waals surface area contributed by atoms with E-state index in [1.165, 1.54) is 0 Å². The van der Waals surface area contributed by atoms with Gasteiger partial charge < -0.3 is 4.74 Å². The molecule has 0 atom stereocenters. The first kappa shape index (κ1) is 11.7. The highest BCUT2D eigenvalue weighted by atomic mass is 79.9. The maximum atomic E-state index is 6.04. The van der Waals surface area contributed by atoms with Gasteiger partial charge in [0, 0.05) is 11.6 Å². The third-order valence-electron chi connectivity index (χ3n) is 2.13. The lowest BCUT2D eigenvalue weighted by Gasteiger charge is -2.12. The smallest absolute Gasteiger partial charge is 0.136 e. The van der Waals surface area contributed by atoms with Gasteiger partial charge in [-0.1, -0.05) is 11.6 Å². The summed E-state index contributed by atoms with van der Waals surface area (Å²) in [6.45, 7) is 3.98. The predicted molar refractivity (Wildman–Crippen MR) is 70.2 cm³/mol. The topological polar surface area (TPSA) is 22.1 Å². The highest BCUT2D eigenvalue weighted by Crippen LogP contribution is 2.33. The maximum Gasteiger partial charge on any atom is 0.136 e. The molecule has 2 rings (SSSR count). The summed E-state index contributed by atoms with van der Waals surface area (Å²) >= 11 is 9.52. The SMILES string of the molecule is CC(C)Oc1cc2c(Cl)nccc2cc1Br. The van der Waals surface area contributed by atoms with Crippen LogP contribution in [0.3, 0.4) is 0 Å². The molecular weight excluding hydrogens is 289 g/mol. The van der Waals surface area contributed by atoms with E-state index in [9.17, 15) is 0 Å². The number of hydrogen-bond donors (Lipinski definition) is 0. The highest BCUT2D eigenvalue weighted by molar-refractivity contribution is 9.10. The lowest BCUT2D eigenvalue weighted by atomic mass is 10.2. The number of benzene rings is 1. The van der Waals surface area contributed by atoms with E-state index in [1.54, 1.807) is 6.20 Å². The average Bonchev–Trinajstić information content (AvgIpc) is 2.20. The van der Waals surface area contributed by atoms with Crippen molar-refractivity contribution in [2.75, 3.05) is 0 Å². The summed E-state index contributed by atoms with van der Waals surface area (Å²) in [6.07, 6.45) is 1.82. The number of halogens is 2. The Morgan fingerprint density at radius 2 is 2.12 bits per heavy atom. The van der Waals surface area contributed by atoms with Crippen LogP contribution in [0.4, 0.5) is 0 Å². The average molecular weight is 301 g/mol. The predicted octanol–water partition coefficient (Wildman–Crippen LogP) is 4.44. The van der Waals surface area contributed by atoms with Gasteiger partial charge in [0.05, 0.1) is 10.6 Å². The molecule has 0 spiro atoms. The van der Waals surface area contributed by atoms with Gasteiger partial charge >= 0.3 is 0 Å². The number of aromatic nitrogens is 1. The monoisotopic (exact) mass is 299 g/mol. The molecule has 84 valence electrons. The van der Waals surface area contributed by atoms with Crippen molar-refractivity contribution in [2.24, 2.45) is 0 Å². The number of pyridine rings is 1. The first-order chi connectivity index (χ1) is 7.58. The minimum atomic E-state index is 0.129. The molecule has 4 heteroatoms. The molecular formula is C12H11BrClNO. The number of ether oxygens (including phenoxy) is 1. The maximum absolute atomic E-state index is 6.04. The third kappa shape index (κ3) is 2.30. The number of nitrogens with zero attached hydrogens (tertiary/aromatic N) is 1. The van der Waals surface area contributed by atoms with Crippen molar-refractivity contribution in [3.05, 3.63) is 34.0 Å². The van der Waals surface area contributed by atoms with Crippen molar-refractivity contribution in [1.29, 1.82) is 0 Å². The van der Waals surface area contributed by atoms with Gasteiger partial charge in [0.15, 0.2) is 0 Å². The van der Waals surface area contributed by atoms with E-state index in [4.69, 9.17) is 16.3 Å². The second-order valence-corrected chi connectivity index (χ2v) is 4.98. The minimum Gasteiger partial charge on any atom is -0.490 e. The lowest BCUT2D eigenvalue weighted by Crippen LogP contribution is -2.05. The van der Waals surface area contributed by atoms with Crippen LogP contribution >= 0.6 is 27.5 Å². The van der Waals surface area contributed by atoms with Crippen LogP contribution in [0.15, 0.2) is 28.9 Å². The van der Waals surface area contributed by atoms with E-state index in [0.29, 0.717) is 5.15 Å². The van der Waals surface area contributed by atoms with E-state index in [-0.39, 0.29) is 6.10 Å². The molecule has 0 aliphatic carbocycles. The Morgan fingerprint density at radius 1 is 1.38 bits per heavy atom. The molecule has 0 fully saturated rings. The van der Waals surface area contributed by atoms with Crippen LogP contribution in [-0.2, 0) is 0 Å². The Labute approximate surface area is 108 Å². The van der Waals surface area contributed by atoms with Crippen molar-refractivity contribution < 1.29 is 4.74 Å². The first-order valence-corrected chi connectivity index (χ1v) is 6.15. The van der Waals surface area contributed by atoms with Gasteiger partial charge in [-0.15, -0.1) is 0 Å². The molecule has 1 heterocycles. The van der Waals surface area contributed by atoms with Crippen LogP contribution in [-0.4, -0.2) is 11.1 Å². The number of rotatable bonds is 2. The van der Waals surface area contributed by atoms with E-state index in [2.05, 4.69) is 20.9 Å². The largest absolute Gasteiger partial charge is 0.490 e. The van der Waals surface area contributed by atoms with Crippen LogP contribution in [0.1, 0.15) is 13.8 Å². The quantitative estimate of drug-likeness (QED) is 0.765. The Kier molecular flexibility index (Phi) is 3.36. The molecule has 2 aromatic rings. The second kappa shape index (κ2) is 4.60. The van der Waals surface area contributed by atoms with Gasteiger partial charge in [-0.05, 0) is 53.4 Å². The molecule has 2 nitrogen and oxygen atoms in total. The summed E-state index contributed by atoms with van der Waals surface area (Å²) in [7, 11) is 0. The Balaban J connectivity index is 2.60. The molecule has 0 aliphatic rings. The Hall–Kier alpha value is -0.800. The Bertz CT molecular complexity index is 528. The van der Waals surface area contributed by atoms with Crippen LogP contribution in [0.25, 0.3) is 10.8 Å². The zero-order valence-electron chi connectivity index (χ0n) is 9.00. The molecule has 0 saturated heterocycles. The molecule has 16 heavy (non-hydrogen) atoms. The van der Waals surface area contributed by atoms with Gasteiger partial charge in [0.2, 0.25) is 0 Å². The van der Waals surface area contributed by atoms with Crippen molar-refractivity contribution >= 4 is 38.3 Å². The molecule has 0 aliphatic heterocycles. The third-order valence-corrected chi connectivity index (χ3v) is 3.05. The van der Waals surface area contributed by atoms with E-state index in [0.717, 1.165) is 21.0 Å². The standard InChI is InChI=1S/C12H11BrClNO/c1-7(2)16-11-6-9-8(5-10(11)13)3-4-15-12(9)14/h3-7H,1-2H3. The molecule has 0 radical (unpaired) electrons. The van der Waals surface area contributed by atoms with Crippen LogP contribution in [0, 0.1) is 0 Å². The normalized spacial score (nSPS) is 11.1. The molecule has 0 amide bonds. The van der Waals surface area contributed by atoms with Gasteiger partial charge in [0.1, 0.15) is 10.9 Å². The van der Waals surface area contributed by atoms with Crippen LogP contribution in [0.2, 0.25) is 5.15 Å². The fourth-order valence-electron chi connectivity index (χ4n) is 1.48. The summed E-state index contributed by atoms with van der Waals surface area (Å²) in [6, 6.07) is 5.82. The van der Waals surface area contributed by atoms with Crippen molar-refractivity contribution in [2.45, 2.75) is 20.0 Å². The summed E-state index contributed by atoms with van der Waals surface area (Å²) in [4.78, 5) is 4.05. The minimum absolute atomic E-state index is 0.129. The zero-order valence-corrected chi connectivity index (χ0v) is 11.3. The lowest BCUT2D eigenvalue weighted by molar-refractivity contribution is 0.241. The molecule has 0 unspecified atom stereocenters. The van der Waals surface area contributed by atoms with Gasteiger partial charge in [-0.25, -0.2) is 4.98 Å². The Morgan fingerprint density at radius 3 is 2.81 bits per heavy atom. The van der Waals surface area contributed by atoms with Crippen LogP contribution in [0.5, 0.6) is 5.75 Å². The van der Waals surface area contributed by atoms with Gasteiger partial charge in [0.25, 0.3) is 0 Å². The van der Waals surface area contributed by atoms with Crippen LogP contribution < -0.4 is 4.74 Å². The second-order valence-electron chi connectivity index (χ2n) is 3.77. The van der Waals surface area contributed by atoms with Crippen molar-refractivity contribution in [3.8, 4) is 5.75 Å². The van der Waals surface area contributed by atoms with Gasteiger partial charge in [-0.2, -0.15) is 0 Å². The number of fused-ring (bicyclic) bond motifs is 1. The summed E-state index contributed by atoms with van der Waals surface area (Å²) < 4.78 is 6.60. The van der Waals surface area contributed by atoms with Gasteiger partial charge in [-0.3, -0.25) is 0 Å². The molecule has 0 bridgehead atoms. The number of hydrogen-bond acceptors (Lipinski definition) is 2. The van der Waals surface area contributed by atoms with E-state index < -0.39 is 0 Å². The summed E-state index contributed by atoms with van der Waals surface area (Å²) in [5.74, 6) is 0.789. The molecule has 0 saturated carbocycles. The molecule has 0 N–H and O–H groups in total.